The highest BCUT2D eigenvalue weighted by atomic mass is 32.2. The second-order valence-corrected chi connectivity index (χ2v) is 11.8. The van der Waals surface area contributed by atoms with E-state index in [1.807, 2.05) is 12.1 Å². The van der Waals surface area contributed by atoms with Gasteiger partial charge in [-0.05, 0) is 55.2 Å². The summed E-state index contributed by atoms with van der Waals surface area (Å²) >= 11 is 0. The maximum absolute atomic E-state index is 12.8. The highest BCUT2D eigenvalue weighted by molar-refractivity contribution is 7.92. The second-order valence-electron chi connectivity index (χ2n) is 8.33. The molecule has 1 atom stereocenters. The molecule has 2 aromatic carbocycles. The van der Waals surface area contributed by atoms with E-state index in [9.17, 15) is 16.8 Å². The second kappa shape index (κ2) is 10.0. The van der Waals surface area contributed by atoms with Gasteiger partial charge in [-0.2, -0.15) is 0 Å². The lowest BCUT2D eigenvalue weighted by molar-refractivity contribution is 0.404. The molecular weight excluding hydrogens is 434 g/mol. The van der Waals surface area contributed by atoms with Gasteiger partial charge in [0, 0.05) is 18.3 Å². The molecule has 2 aromatic rings. The molecule has 1 fully saturated rings. The molecule has 9 heteroatoms. The van der Waals surface area contributed by atoms with Crippen LogP contribution in [-0.4, -0.2) is 29.1 Å². The van der Waals surface area contributed by atoms with Gasteiger partial charge >= 0.3 is 0 Å². The summed E-state index contributed by atoms with van der Waals surface area (Å²) < 4.78 is 53.3. The molecule has 3 rings (SSSR count). The van der Waals surface area contributed by atoms with E-state index in [-0.39, 0.29) is 4.90 Å². The lowest BCUT2D eigenvalue weighted by Crippen LogP contribution is -2.28. The van der Waals surface area contributed by atoms with Gasteiger partial charge in [-0.3, -0.25) is 9.44 Å². The number of nitrogens with one attached hydrogen (secondary N) is 3. The Kier molecular flexibility index (Phi) is 7.61. The maximum atomic E-state index is 12.8. The zero-order valence-corrected chi connectivity index (χ0v) is 19.6. The summed E-state index contributed by atoms with van der Waals surface area (Å²) in [6, 6.07) is 13.3. The molecule has 0 bridgehead atoms. The first kappa shape index (κ1) is 23.6. The topological polar surface area (TPSA) is 104 Å². The van der Waals surface area contributed by atoms with Crippen LogP contribution in [-0.2, 0) is 26.6 Å². The molecule has 0 unspecified atom stereocenters. The van der Waals surface area contributed by atoms with Crippen LogP contribution in [0.1, 0.15) is 44.6 Å². The molecule has 1 aliphatic carbocycles. The maximum Gasteiger partial charge on any atom is 0.261 e. The van der Waals surface area contributed by atoms with Crippen LogP contribution in [0.2, 0.25) is 0 Å². The quantitative estimate of drug-likeness (QED) is 0.493. The SMILES string of the molecule is C[C@@H](CC1CCCC1)NCc1ccccc1NS(=O)(=O)c1ccc(NS(C)(=O)=O)cc1. The monoisotopic (exact) mass is 465 g/mol. The van der Waals surface area contributed by atoms with Crippen LogP contribution < -0.4 is 14.8 Å². The summed E-state index contributed by atoms with van der Waals surface area (Å²) in [5.74, 6) is 0.788. The van der Waals surface area contributed by atoms with Gasteiger partial charge < -0.3 is 5.32 Å². The minimum absolute atomic E-state index is 0.0592. The molecule has 31 heavy (non-hydrogen) atoms. The summed E-state index contributed by atoms with van der Waals surface area (Å²) in [6.07, 6.45) is 7.45. The number of hydrogen-bond acceptors (Lipinski definition) is 5. The average Bonchev–Trinajstić information content (AvgIpc) is 3.19. The lowest BCUT2D eigenvalue weighted by Gasteiger charge is -2.19. The molecule has 170 valence electrons. The Morgan fingerprint density at radius 3 is 2.23 bits per heavy atom. The molecule has 0 aliphatic heterocycles. The molecule has 0 radical (unpaired) electrons. The van der Waals surface area contributed by atoms with Crippen LogP contribution in [0.4, 0.5) is 11.4 Å². The van der Waals surface area contributed by atoms with Gasteiger partial charge in [0.15, 0.2) is 0 Å². The van der Waals surface area contributed by atoms with Crippen molar-refractivity contribution in [3.63, 3.8) is 0 Å². The number of benzene rings is 2. The van der Waals surface area contributed by atoms with Gasteiger partial charge in [0.25, 0.3) is 10.0 Å². The smallest absolute Gasteiger partial charge is 0.261 e. The van der Waals surface area contributed by atoms with Crippen LogP contribution in [0.15, 0.2) is 53.4 Å². The fraction of sp³-hybridized carbons (Fsp3) is 0.455. The molecule has 1 aliphatic rings. The van der Waals surface area contributed by atoms with E-state index in [2.05, 4.69) is 21.7 Å². The van der Waals surface area contributed by atoms with Crippen molar-refractivity contribution in [3.8, 4) is 0 Å². The molecule has 0 heterocycles. The Morgan fingerprint density at radius 1 is 0.935 bits per heavy atom. The zero-order chi connectivity index (χ0) is 22.5. The van der Waals surface area contributed by atoms with Crippen LogP contribution in [0.25, 0.3) is 0 Å². The first-order valence-electron chi connectivity index (χ1n) is 10.5. The third kappa shape index (κ3) is 7.22. The van der Waals surface area contributed by atoms with E-state index in [0.717, 1.165) is 24.2 Å². The number of hydrogen-bond donors (Lipinski definition) is 3. The number of sulfonamides is 2. The first-order valence-corrected chi connectivity index (χ1v) is 13.9. The number of rotatable bonds is 10. The Hall–Kier alpha value is -2.10. The molecule has 0 amide bonds. The van der Waals surface area contributed by atoms with Crippen LogP contribution >= 0.6 is 0 Å². The van der Waals surface area contributed by atoms with Gasteiger partial charge in [-0.15, -0.1) is 0 Å². The Morgan fingerprint density at radius 2 is 1.58 bits per heavy atom. The summed E-state index contributed by atoms with van der Waals surface area (Å²) in [5.41, 5.74) is 1.71. The minimum atomic E-state index is -3.81. The molecule has 0 aromatic heterocycles. The van der Waals surface area contributed by atoms with Crippen molar-refractivity contribution >= 4 is 31.4 Å². The van der Waals surface area contributed by atoms with Crippen molar-refractivity contribution in [1.82, 2.24) is 5.32 Å². The Bertz CT molecular complexity index is 1080. The third-order valence-electron chi connectivity index (χ3n) is 5.53. The fourth-order valence-electron chi connectivity index (χ4n) is 4.01. The minimum Gasteiger partial charge on any atom is -0.310 e. The third-order valence-corrected chi connectivity index (χ3v) is 7.52. The van der Waals surface area contributed by atoms with Gasteiger partial charge in [-0.1, -0.05) is 43.9 Å². The van der Waals surface area contributed by atoms with Crippen molar-refractivity contribution in [2.24, 2.45) is 5.92 Å². The van der Waals surface area contributed by atoms with E-state index in [0.29, 0.717) is 24.0 Å². The zero-order valence-electron chi connectivity index (χ0n) is 18.0. The molecular formula is C22H31N3O4S2. The fourth-order valence-corrected chi connectivity index (χ4v) is 5.67. The Labute approximate surface area is 185 Å². The lowest BCUT2D eigenvalue weighted by atomic mass is 9.99. The molecule has 7 nitrogen and oxygen atoms in total. The van der Waals surface area contributed by atoms with E-state index < -0.39 is 20.0 Å². The van der Waals surface area contributed by atoms with Gasteiger partial charge in [0.2, 0.25) is 10.0 Å². The largest absolute Gasteiger partial charge is 0.310 e. The molecule has 3 N–H and O–H groups in total. The van der Waals surface area contributed by atoms with E-state index in [4.69, 9.17) is 0 Å². The van der Waals surface area contributed by atoms with Gasteiger partial charge in [0.05, 0.1) is 16.8 Å². The summed E-state index contributed by atoms with van der Waals surface area (Å²) in [4.78, 5) is 0.0592. The van der Waals surface area contributed by atoms with Crippen molar-refractivity contribution in [2.75, 3.05) is 15.7 Å². The summed E-state index contributed by atoms with van der Waals surface area (Å²) in [5, 5.41) is 3.52. The van der Waals surface area contributed by atoms with E-state index in [1.165, 1.54) is 49.9 Å². The number of anilines is 2. The normalized spacial score (nSPS) is 16.2. The van der Waals surface area contributed by atoms with Crippen LogP contribution in [0.3, 0.4) is 0 Å². The standard InChI is InChI=1S/C22H31N3O4S2/c1-17(15-18-7-3-4-8-18)23-16-19-9-5-6-10-22(19)25-31(28,29)21-13-11-20(12-14-21)24-30(2,26)27/h5-6,9-14,17-18,23-25H,3-4,7-8,15-16H2,1-2H3/t17-/m0/s1. The predicted molar refractivity (Wildman–Crippen MR) is 125 cm³/mol. The molecule has 1 saturated carbocycles. The van der Waals surface area contributed by atoms with E-state index in [1.54, 1.807) is 12.1 Å². The highest BCUT2D eigenvalue weighted by Gasteiger charge is 2.19. The predicted octanol–water partition coefficient (Wildman–Crippen LogP) is 3.92. The summed E-state index contributed by atoms with van der Waals surface area (Å²) in [6.45, 7) is 2.75. The van der Waals surface area contributed by atoms with E-state index >= 15 is 0 Å². The molecule has 0 saturated heterocycles. The van der Waals surface area contributed by atoms with Crippen molar-refractivity contribution in [1.29, 1.82) is 0 Å². The average molecular weight is 466 g/mol. The number of para-hydroxylation sites is 1. The van der Waals surface area contributed by atoms with Gasteiger partial charge in [-0.25, -0.2) is 16.8 Å². The van der Waals surface area contributed by atoms with Crippen molar-refractivity contribution in [3.05, 3.63) is 54.1 Å². The highest BCUT2D eigenvalue weighted by Crippen LogP contribution is 2.29. The first-order chi connectivity index (χ1) is 14.6. The molecule has 0 spiro atoms. The van der Waals surface area contributed by atoms with Crippen LogP contribution in [0, 0.1) is 5.92 Å². The van der Waals surface area contributed by atoms with Crippen molar-refractivity contribution in [2.45, 2.75) is 56.5 Å². The van der Waals surface area contributed by atoms with Gasteiger partial charge in [0.1, 0.15) is 0 Å². The Balaban J connectivity index is 1.66. The summed E-state index contributed by atoms with van der Waals surface area (Å²) in [7, 11) is -7.23. The van der Waals surface area contributed by atoms with Crippen LogP contribution in [0.5, 0.6) is 0 Å². The van der Waals surface area contributed by atoms with Crippen molar-refractivity contribution < 1.29 is 16.8 Å².